The predicted octanol–water partition coefficient (Wildman–Crippen LogP) is 6.22. The molecule has 0 saturated carbocycles. The third-order valence-corrected chi connectivity index (χ3v) is 8.37. The van der Waals surface area contributed by atoms with Crippen LogP contribution in [-0.4, -0.2) is 58.5 Å². The Labute approximate surface area is 266 Å². The molecule has 0 bridgehead atoms. The van der Waals surface area contributed by atoms with E-state index in [2.05, 4.69) is 39.6 Å². The van der Waals surface area contributed by atoms with Crippen LogP contribution in [0.5, 0.6) is 0 Å². The van der Waals surface area contributed by atoms with Gasteiger partial charge in [0, 0.05) is 49.8 Å². The largest absolute Gasteiger partial charge is 0.460 e. The molecule has 2 N–H and O–H groups in total. The topological polar surface area (TPSA) is 109 Å². The summed E-state index contributed by atoms with van der Waals surface area (Å²) in [6.45, 7) is 10.6. The van der Waals surface area contributed by atoms with Gasteiger partial charge in [-0.15, -0.1) is 0 Å². The number of nitrogens with one attached hydrogen (secondary N) is 2. The van der Waals surface area contributed by atoms with Crippen molar-refractivity contribution >= 4 is 35.3 Å². The van der Waals surface area contributed by atoms with E-state index in [1.165, 1.54) is 17.3 Å². The van der Waals surface area contributed by atoms with Crippen LogP contribution < -0.4 is 15.5 Å². The van der Waals surface area contributed by atoms with Crippen LogP contribution in [0.2, 0.25) is 0 Å². The fourth-order valence-electron chi connectivity index (χ4n) is 6.02. The molecule has 1 saturated heterocycles. The number of aryl methyl sites for hydroxylation is 1. The second-order valence-corrected chi connectivity index (χ2v) is 12.9. The number of fused-ring (bicyclic) bond motifs is 1. The molecule has 1 fully saturated rings. The molecule has 0 amide bonds. The normalized spacial score (nSPS) is 16.1. The van der Waals surface area contributed by atoms with Crippen molar-refractivity contribution in [2.24, 2.45) is 5.92 Å². The molecule has 2 aromatic heterocycles. The van der Waals surface area contributed by atoms with Crippen LogP contribution in [0.15, 0.2) is 54.9 Å². The number of esters is 1. The number of benzene rings is 1. The predicted molar refractivity (Wildman–Crippen MR) is 180 cm³/mol. The maximum Gasteiger partial charge on any atom is 0.311 e. The highest BCUT2D eigenvalue weighted by atomic mass is 16.6. The van der Waals surface area contributed by atoms with E-state index in [9.17, 15) is 9.59 Å². The maximum atomic E-state index is 13.2. The van der Waals surface area contributed by atoms with E-state index in [0.29, 0.717) is 11.7 Å². The first-order valence-corrected chi connectivity index (χ1v) is 16.3. The van der Waals surface area contributed by atoms with Gasteiger partial charge in [0.05, 0.1) is 5.92 Å². The highest BCUT2D eigenvalue weighted by Gasteiger charge is 2.29. The number of ketones is 1. The number of allylic oxidation sites excluding steroid dienone is 1. The van der Waals surface area contributed by atoms with Crippen LogP contribution in [0.3, 0.4) is 0 Å². The number of hydrogen-bond donors (Lipinski definition) is 2. The molecule has 0 radical (unpaired) electrons. The highest BCUT2D eigenvalue weighted by Crippen LogP contribution is 2.33. The van der Waals surface area contributed by atoms with Crippen molar-refractivity contribution in [2.75, 3.05) is 41.7 Å². The monoisotopic (exact) mass is 610 g/mol. The molecular formula is C36H46N6O3. The number of carbonyl (C=O) groups excluding carboxylic acids is 2. The van der Waals surface area contributed by atoms with Gasteiger partial charge in [-0.2, -0.15) is 0 Å². The number of pyridine rings is 1. The van der Waals surface area contributed by atoms with Gasteiger partial charge in [0.25, 0.3) is 0 Å². The van der Waals surface area contributed by atoms with Gasteiger partial charge in [-0.1, -0.05) is 49.4 Å². The summed E-state index contributed by atoms with van der Waals surface area (Å²) in [6.07, 6.45) is 9.91. The molecule has 1 atom stereocenters. The number of carbonyl (C=O) groups is 2. The lowest BCUT2D eigenvalue weighted by atomic mass is 9.92. The fraction of sp³-hybridized carbons (Fsp3) is 0.472. The molecule has 2 aliphatic rings. The Morgan fingerprint density at radius 2 is 1.89 bits per heavy atom. The minimum absolute atomic E-state index is 0.0322. The van der Waals surface area contributed by atoms with Crippen LogP contribution in [-0.2, 0) is 27.2 Å². The molecule has 9 nitrogen and oxygen atoms in total. The van der Waals surface area contributed by atoms with Gasteiger partial charge >= 0.3 is 5.97 Å². The average molecular weight is 611 g/mol. The van der Waals surface area contributed by atoms with Gasteiger partial charge in [-0.05, 0) is 76.1 Å². The number of rotatable bonds is 11. The Balaban J connectivity index is 1.25. The zero-order valence-corrected chi connectivity index (χ0v) is 27.0. The van der Waals surface area contributed by atoms with Gasteiger partial charge in [-0.3, -0.25) is 9.59 Å². The molecule has 0 spiro atoms. The van der Waals surface area contributed by atoms with E-state index in [4.69, 9.17) is 14.7 Å². The third kappa shape index (κ3) is 8.68. The lowest BCUT2D eigenvalue weighted by Gasteiger charge is -2.34. The molecule has 5 rings (SSSR count). The first-order valence-electron chi connectivity index (χ1n) is 16.3. The summed E-state index contributed by atoms with van der Waals surface area (Å²) in [7, 11) is 0. The summed E-state index contributed by atoms with van der Waals surface area (Å²) in [5.74, 6) is 1.87. The van der Waals surface area contributed by atoms with E-state index >= 15 is 0 Å². The van der Waals surface area contributed by atoms with Crippen molar-refractivity contribution in [1.82, 2.24) is 15.0 Å². The number of piperidine rings is 1. The molecule has 238 valence electrons. The van der Waals surface area contributed by atoms with Crippen molar-refractivity contribution in [1.29, 1.82) is 0 Å². The molecule has 4 heterocycles. The molecule has 0 aliphatic carbocycles. The summed E-state index contributed by atoms with van der Waals surface area (Å²) < 4.78 is 5.70. The van der Waals surface area contributed by atoms with Gasteiger partial charge in [-0.25, -0.2) is 15.0 Å². The maximum absolute atomic E-state index is 13.2. The van der Waals surface area contributed by atoms with E-state index in [0.717, 1.165) is 74.5 Å². The summed E-state index contributed by atoms with van der Waals surface area (Å²) in [5.41, 5.74) is 3.76. The Hall–Kier alpha value is -4.27. The van der Waals surface area contributed by atoms with Gasteiger partial charge in [0.2, 0.25) is 0 Å². The van der Waals surface area contributed by atoms with Crippen LogP contribution in [0, 0.1) is 5.92 Å². The zero-order chi connectivity index (χ0) is 31.8. The average Bonchev–Trinajstić information content (AvgIpc) is 3.05. The fourth-order valence-corrected chi connectivity index (χ4v) is 6.02. The zero-order valence-electron chi connectivity index (χ0n) is 27.0. The van der Waals surface area contributed by atoms with Crippen molar-refractivity contribution < 1.29 is 14.3 Å². The number of aromatic nitrogens is 3. The molecular weight excluding hydrogens is 564 g/mol. The second-order valence-electron chi connectivity index (χ2n) is 12.9. The second kappa shape index (κ2) is 14.7. The summed E-state index contributed by atoms with van der Waals surface area (Å²) in [4.78, 5) is 42.7. The quantitative estimate of drug-likeness (QED) is 0.193. The Morgan fingerprint density at radius 3 is 2.62 bits per heavy atom. The van der Waals surface area contributed by atoms with E-state index < -0.39 is 17.5 Å². The van der Waals surface area contributed by atoms with Gasteiger partial charge in [0.15, 0.2) is 5.78 Å². The van der Waals surface area contributed by atoms with E-state index in [1.54, 1.807) is 12.4 Å². The minimum Gasteiger partial charge on any atom is -0.460 e. The van der Waals surface area contributed by atoms with Crippen molar-refractivity contribution in [3.8, 4) is 0 Å². The van der Waals surface area contributed by atoms with Crippen LogP contribution >= 0.6 is 0 Å². The standard InChI is InChI=1S/C36H46N6O3/c1-5-30-33(38-23-28(35(44)45-36(2,3)4)22-29(43)15-13-25-10-7-6-8-11-25)39-24-40-34(30)42-20-17-26(18-21-42)31-16-14-27-12-9-19-37-32(27)41-31/h6-8,10-11,13-16,24,26,28H,5,9,12,17-23H2,1-4H3,(H,37,41)(H,38,39,40)/b15-13+/t28-/m0/s1. The van der Waals surface area contributed by atoms with Crippen LogP contribution in [0.4, 0.5) is 17.5 Å². The summed E-state index contributed by atoms with van der Waals surface area (Å²) in [6, 6.07) is 14.1. The molecule has 9 heteroatoms. The lowest BCUT2D eigenvalue weighted by Crippen LogP contribution is -2.35. The first-order chi connectivity index (χ1) is 21.7. The smallest absolute Gasteiger partial charge is 0.311 e. The Kier molecular flexibility index (Phi) is 10.5. The number of anilines is 3. The third-order valence-electron chi connectivity index (χ3n) is 8.37. The number of hydrogen-bond acceptors (Lipinski definition) is 9. The molecule has 3 aromatic rings. The van der Waals surface area contributed by atoms with Gasteiger partial charge < -0.3 is 20.3 Å². The van der Waals surface area contributed by atoms with Crippen molar-refractivity contribution in [2.45, 2.75) is 77.7 Å². The Morgan fingerprint density at radius 1 is 1.11 bits per heavy atom. The van der Waals surface area contributed by atoms with Crippen molar-refractivity contribution in [3.63, 3.8) is 0 Å². The minimum atomic E-state index is -0.672. The van der Waals surface area contributed by atoms with Crippen LogP contribution in [0.1, 0.15) is 81.7 Å². The van der Waals surface area contributed by atoms with E-state index in [-0.39, 0.29) is 18.7 Å². The molecule has 0 unspecified atom stereocenters. The first kappa shape index (κ1) is 32.1. The van der Waals surface area contributed by atoms with E-state index in [1.807, 2.05) is 51.1 Å². The summed E-state index contributed by atoms with van der Waals surface area (Å²) in [5, 5.41) is 6.84. The lowest BCUT2D eigenvalue weighted by molar-refractivity contribution is -0.160. The Bertz CT molecular complexity index is 1490. The van der Waals surface area contributed by atoms with Crippen molar-refractivity contribution in [3.05, 3.63) is 77.3 Å². The SMILES string of the molecule is CCc1c(NC[C@H](CC(=O)/C=C/c2ccccc2)C(=O)OC(C)(C)C)ncnc1N1CCC(c2ccc3c(n2)NCCC3)CC1. The molecule has 2 aliphatic heterocycles. The molecule has 45 heavy (non-hydrogen) atoms. The summed E-state index contributed by atoms with van der Waals surface area (Å²) >= 11 is 0. The van der Waals surface area contributed by atoms with Crippen LogP contribution in [0.25, 0.3) is 6.08 Å². The number of ether oxygens (including phenoxy) is 1. The highest BCUT2D eigenvalue weighted by molar-refractivity contribution is 5.96. The number of nitrogens with zero attached hydrogens (tertiary/aromatic N) is 4. The van der Waals surface area contributed by atoms with Gasteiger partial charge in [0.1, 0.15) is 29.4 Å². The molecule has 1 aromatic carbocycles.